The average molecular weight is 366 g/mol. The zero-order chi connectivity index (χ0) is 18.4. The highest BCUT2D eigenvalue weighted by molar-refractivity contribution is 6.30. The Kier molecular flexibility index (Phi) is 6.52. The highest BCUT2D eigenvalue weighted by Gasteiger charge is 2.19. The number of rotatable bonds is 8. The van der Waals surface area contributed by atoms with E-state index in [0.717, 1.165) is 30.7 Å². The lowest BCUT2D eigenvalue weighted by Crippen LogP contribution is -2.13. The van der Waals surface area contributed by atoms with Gasteiger partial charge in [0.2, 0.25) is 0 Å². The zero-order valence-corrected chi connectivity index (χ0v) is 15.0. The third-order valence-corrected chi connectivity index (χ3v) is 4.19. The molecule has 0 aliphatic rings. The van der Waals surface area contributed by atoms with Gasteiger partial charge in [0, 0.05) is 25.1 Å². The maximum atomic E-state index is 11.7. The molecule has 0 atom stereocenters. The number of methoxy groups -OCH3 is 1. The smallest absolute Gasteiger partial charge is 0.311 e. The van der Waals surface area contributed by atoms with Gasteiger partial charge in [0.15, 0.2) is 5.15 Å². The Balaban J connectivity index is 2.34. The van der Waals surface area contributed by atoms with Gasteiger partial charge in [0.25, 0.3) is 5.69 Å². The Labute approximate surface area is 150 Å². The molecule has 0 amide bonds. The van der Waals surface area contributed by atoms with Crippen LogP contribution >= 0.6 is 11.6 Å². The Bertz CT molecular complexity index is 756. The molecule has 0 N–H and O–H groups in total. The number of hydrogen-bond donors (Lipinski definition) is 0. The number of nitrogens with zero attached hydrogens (tertiary/aromatic N) is 3. The molecule has 0 aliphatic heterocycles. The van der Waals surface area contributed by atoms with Crippen molar-refractivity contribution >= 4 is 23.3 Å². The van der Waals surface area contributed by atoms with Gasteiger partial charge < -0.3 is 9.30 Å². The first-order valence-corrected chi connectivity index (χ1v) is 8.38. The monoisotopic (exact) mass is 365 g/mol. The van der Waals surface area contributed by atoms with Crippen LogP contribution in [-0.4, -0.2) is 27.6 Å². The van der Waals surface area contributed by atoms with Crippen LogP contribution in [0.4, 0.5) is 5.69 Å². The summed E-state index contributed by atoms with van der Waals surface area (Å²) < 4.78 is 6.63. The van der Waals surface area contributed by atoms with E-state index < -0.39 is 10.9 Å². The van der Waals surface area contributed by atoms with E-state index >= 15 is 0 Å². The van der Waals surface area contributed by atoms with Gasteiger partial charge in [-0.05, 0) is 12.0 Å². The predicted molar refractivity (Wildman–Crippen MR) is 93.8 cm³/mol. The van der Waals surface area contributed by atoms with E-state index in [1.807, 2.05) is 4.57 Å². The molecule has 8 heteroatoms. The number of ether oxygens (including phenoxy) is 1. The Morgan fingerprint density at radius 3 is 2.60 bits per heavy atom. The van der Waals surface area contributed by atoms with E-state index in [9.17, 15) is 14.9 Å². The number of non-ortho nitro benzene ring substituents is 1. The molecular weight excluding hydrogens is 346 g/mol. The van der Waals surface area contributed by atoms with Crippen molar-refractivity contribution in [3.63, 3.8) is 0 Å². The third-order valence-electron chi connectivity index (χ3n) is 3.88. The van der Waals surface area contributed by atoms with Gasteiger partial charge in [-0.3, -0.25) is 14.9 Å². The second-order valence-corrected chi connectivity index (χ2v) is 5.99. The normalized spacial score (nSPS) is 10.7. The minimum atomic E-state index is -0.437. The molecule has 7 nitrogen and oxygen atoms in total. The maximum Gasteiger partial charge on any atom is 0.311 e. The van der Waals surface area contributed by atoms with E-state index in [1.54, 1.807) is 12.1 Å². The molecule has 1 heterocycles. The molecule has 0 spiro atoms. The van der Waals surface area contributed by atoms with E-state index in [1.165, 1.54) is 19.2 Å². The van der Waals surface area contributed by atoms with Crippen LogP contribution in [0.3, 0.4) is 0 Å². The third kappa shape index (κ3) is 4.79. The summed E-state index contributed by atoms with van der Waals surface area (Å²) in [6, 6.07) is 6.30. The van der Waals surface area contributed by atoms with Gasteiger partial charge in [-0.25, -0.2) is 4.98 Å². The summed E-state index contributed by atoms with van der Waals surface area (Å²) in [7, 11) is 1.32. The molecule has 2 rings (SSSR count). The van der Waals surface area contributed by atoms with Crippen molar-refractivity contribution in [3.05, 3.63) is 56.6 Å². The van der Waals surface area contributed by atoms with E-state index in [4.69, 9.17) is 16.3 Å². The summed E-state index contributed by atoms with van der Waals surface area (Å²) in [4.78, 5) is 26.4. The van der Waals surface area contributed by atoms with Crippen molar-refractivity contribution in [1.82, 2.24) is 9.55 Å². The van der Waals surface area contributed by atoms with Crippen LogP contribution in [-0.2, 0) is 28.9 Å². The number of aryl methyl sites for hydroxylation is 1. The topological polar surface area (TPSA) is 87.3 Å². The van der Waals surface area contributed by atoms with Crippen molar-refractivity contribution in [3.8, 4) is 0 Å². The first kappa shape index (κ1) is 18.9. The fourth-order valence-corrected chi connectivity index (χ4v) is 2.77. The second kappa shape index (κ2) is 8.62. The SMILES string of the molecule is CCCCc1nc(Cl)c(CC(=O)OC)n1Cc1ccc([N+](=O)[O-])cc1. The number of nitro benzene ring substituents is 1. The predicted octanol–water partition coefficient (Wildman–Crippen LogP) is 3.55. The van der Waals surface area contributed by atoms with Crippen molar-refractivity contribution in [2.24, 2.45) is 0 Å². The summed E-state index contributed by atoms with van der Waals surface area (Å²) in [5, 5.41) is 11.1. The summed E-state index contributed by atoms with van der Waals surface area (Å²) >= 11 is 6.23. The highest BCUT2D eigenvalue weighted by atomic mass is 35.5. The molecule has 0 radical (unpaired) electrons. The van der Waals surface area contributed by atoms with Gasteiger partial charge in [-0.15, -0.1) is 0 Å². The van der Waals surface area contributed by atoms with Crippen LogP contribution in [0, 0.1) is 10.1 Å². The van der Waals surface area contributed by atoms with Crippen LogP contribution in [0.25, 0.3) is 0 Å². The number of carbonyl (C=O) groups excluding carboxylic acids is 1. The van der Waals surface area contributed by atoms with Gasteiger partial charge in [-0.2, -0.15) is 0 Å². The van der Waals surface area contributed by atoms with Crippen molar-refractivity contribution in [2.75, 3.05) is 7.11 Å². The molecule has 0 saturated heterocycles. The molecule has 0 bridgehead atoms. The molecule has 1 aromatic carbocycles. The maximum absolute atomic E-state index is 11.7. The molecule has 0 unspecified atom stereocenters. The Hall–Kier alpha value is -2.41. The Morgan fingerprint density at radius 1 is 1.36 bits per heavy atom. The van der Waals surface area contributed by atoms with Crippen LogP contribution < -0.4 is 0 Å². The molecule has 0 saturated carbocycles. The summed E-state index contributed by atoms with van der Waals surface area (Å²) in [5.74, 6) is 0.401. The average Bonchev–Trinajstić information content (AvgIpc) is 2.88. The molecular formula is C17H20ClN3O4. The lowest BCUT2D eigenvalue weighted by Gasteiger charge is -2.12. The van der Waals surface area contributed by atoms with Gasteiger partial charge >= 0.3 is 5.97 Å². The number of halogens is 1. The summed E-state index contributed by atoms with van der Waals surface area (Å²) in [6.45, 7) is 2.52. The first-order valence-electron chi connectivity index (χ1n) is 8.00. The molecule has 25 heavy (non-hydrogen) atoms. The molecule has 0 fully saturated rings. The number of aromatic nitrogens is 2. The van der Waals surface area contributed by atoms with Gasteiger partial charge in [-0.1, -0.05) is 37.1 Å². The lowest BCUT2D eigenvalue weighted by atomic mass is 10.2. The van der Waals surface area contributed by atoms with Crippen LogP contribution in [0.15, 0.2) is 24.3 Å². The van der Waals surface area contributed by atoms with E-state index in [-0.39, 0.29) is 12.1 Å². The molecule has 0 aliphatic carbocycles. The minimum absolute atomic E-state index is 0.0292. The summed E-state index contributed by atoms with van der Waals surface area (Å²) in [6.07, 6.45) is 2.73. The number of imidazole rings is 1. The van der Waals surface area contributed by atoms with E-state index in [2.05, 4.69) is 11.9 Å². The molecule has 2 aromatic rings. The van der Waals surface area contributed by atoms with Gasteiger partial charge in [0.05, 0.1) is 24.1 Å². The van der Waals surface area contributed by atoms with Crippen molar-refractivity contribution < 1.29 is 14.5 Å². The zero-order valence-electron chi connectivity index (χ0n) is 14.2. The van der Waals surface area contributed by atoms with Crippen LogP contribution in [0.1, 0.15) is 36.8 Å². The van der Waals surface area contributed by atoms with Crippen molar-refractivity contribution in [2.45, 2.75) is 39.2 Å². The van der Waals surface area contributed by atoms with Crippen LogP contribution in [0.5, 0.6) is 0 Å². The van der Waals surface area contributed by atoms with Crippen LogP contribution in [0.2, 0.25) is 5.15 Å². The second-order valence-electron chi connectivity index (χ2n) is 5.63. The minimum Gasteiger partial charge on any atom is -0.469 e. The quantitative estimate of drug-likeness (QED) is 0.405. The van der Waals surface area contributed by atoms with Crippen molar-refractivity contribution in [1.29, 1.82) is 0 Å². The molecule has 1 aromatic heterocycles. The summed E-state index contributed by atoms with van der Waals surface area (Å²) in [5.41, 5.74) is 1.50. The lowest BCUT2D eigenvalue weighted by molar-refractivity contribution is -0.384. The number of unbranched alkanes of at least 4 members (excludes halogenated alkanes) is 1. The standard InChI is InChI=1S/C17H20ClN3O4/c1-3-4-5-15-19-17(18)14(10-16(22)25-2)20(15)11-12-6-8-13(9-7-12)21(23)24/h6-9H,3-5,10-11H2,1-2H3. The highest BCUT2D eigenvalue weighted by Crippen LogP contribution is 2.22. The fourth-order valence-electron chi connectivity index (χ4n) is 2.50. The van der Waals surface area contributed by atoms with E-state index in [0.29, 0.717) is 17.4 Å². The number of benzene rings is 1. The molecule has 134 valence electrons. The fraction of sp³-hybridized carbons (Fsp3) is 0.412. The first-order chi connectivity index (χ1) is 12.0. The number of esters is 1. The number of nitro groups is 1. The Morgan fingerprint density at radius 2 is 2.04 bits per heavy atom. The number of hydrogen-bond acceptors (Lipinski definition) is 5. The number of carbonyl (C=O) groups is 1. The van der Waals surface area contributed by atoms with Gasteiger partial charge in [0.1, 0.15) is 5.82 Å². The largest absolute Gasteiger partial charge is 0.469 e.